The molecule has 0 bridgehead atoms. The van der Waals surface area contributed by atoms with Crippen LogP contribution >= 0.6 is 11.3 Å². The van der Waals surface area contributed by atoms with Crippen molar-refractivity contribution in [2.75, 3.05) is 26.2 Å². The third kappa shape index (κ3) is 4.03. The number of aromatic nitrogens is 3. The molecular formula is C18H14F3N5O3S2. The highest BCUT2D eigenvalue weighted by atomic mass is 32.2. The van der Waals surface area contributed by atoms with Crippen LogP contribution in [0.2, 0.25) is 0 Å². The highest BCUT2D eigenvalue weighted by Gasteiger charge is 2.34. The second kappa shape index (κ2) is 8.32. The predicted octanol–water partition coefficient (Wildman–Crippen LogP) is 2.16. The van der Waals surface area contributed by atoms with E-state index >= 15 is 0 Å². The maximum absolute atomic E-state index is 14.0. The van der Waals surface area contributed by atoms with Crippen LogP contribution in [0.4, 0.5) is 13.2 Å². The second-order valence-corrected chi connectivity index (χ2v) is 9.24. The Balaban J connectivity index is 1.46. The van der Waals surface area contributed by atoms with Gasteiger partial charge in [0.2, 0.25) is 10.0 Å². The Labute approximate surface area is 179 Å². The van der Waals surface area contributed by atoms with Crippen molar-refractivity contribution in [1.29, 1.82) is 0 Å². The molecule has 1 aromatic carbocycles. The van der Waals surface area contributed by atoms with Gasteiger partial charge in [-0.2, -0.15) is 4.31 Å². The Hall–Kier alpha value is -2.90. The lowest BCUT2D eigenvalue weighted by Crippen LogP contribution is -2.50. The third-order valence-electron chi connectivity index (χ3n) is 4.62. The zero-order valence-corrected chi connectivity index (χ0v) is 17.3. The van der Waals surface area contributed by atoms with Gasteiger partial charge >= 0.3 is 0 Å². The fraction of sp³-hybridized carbons (Fsp3) is 0.222. The van der Waals surface area contributed by atoms with Gasteiger partial charge in [0.25, 0.3) is 5.91 Å². The van der Waals surface area contributed by atoms with Gasteiger partial charge in [-0.1, -0.05) is 0 Å². The standard InChI is InChI=1S/C18H14F3N5O3S2/c19-11-2-3-13(15(21)14(11)20)31(28,29)26-8-6-25(7-9-26)18(27)12-10-30-17(24-12)16-22-4-1-5-23-16/h1-5,10H,6-9H2. The summed E-state index contributed by atoms with van der Waals surface area (Å²) in [6.45, 7) is -0.216. The van der Waals surface area contributed by atoms with Crippen molar-refractivity contribution < 1.29 is 26.4 Å². The molecule has 162 valence electrons. The van der Waals surface area contributed by atoms with Crippen molar-refractivity contribution in [2.24, 2.45) is 0 Å². The van der Waals surface area contributed by atoms with Crippen molar-refractivity contribution in [2.45, 2.75) is 4.90 Å². The first-order chi connectivity index (χ1) is 14.8. The summed E-state index contributed by atoms with van der Waals surface area (Å²) in [7, 11) is -4.39. The van der Waals surface area contributed by atoms with E-state index in [0.29, 0.717) is 23.0 Å². The van der Waals surface area contributed by atoms with Crippen molar-refractivity contribution in [3.05, 3.63) is 59.1 Å². The van der Waals surface area contributed by atoms with Crippen molar-refractivity contribution in [3.8, 4) is 10.8 Å². The van der Waals surface area contributed by atoms with Gasteiger partial charge < -0.3 is 4.90 Å². The first-order valence-corrected chi connectivity index (χ1v) is 11.3. The highest BCUT2D eigenvalue weighted by Crippen LogP contribution is 2.25. The molecule has 0 unspecified atom stereocenters. The van der Waals surface area contributed by atoms with Crippen LogP contribution in [0.1, 0.15) is 10.5 Å². The minimum atomic E-state index is -4.39. The van der Waals surface area contributed by atoms with Gasteiger partial charge in [0.15, 0.2) is 28.3 Å². The first-order valence-electron chi connectivity index (χ1n) is 8.95. The molecular weight excluding hydrogens is 455 g/mol. The molecule has 0 atom stereocenters. The molecule has 1 saturated heterocycles. The van der Waals surface area contributed by atoms with Crippen LogP contribution in [0.3, 0.4) is 0 Å². The number of carbonyl (C=O) groups excluding carboxylic acids is 1. The van der Waals surface area contributed by atoms with Crippen LogP contribution in [-0.4, -0.2) is 64.7 Å². The smallest absolute Gasteiger partial charge is 0.273 e. The van der Waals surface area contributed by atoms with Crippen molar-refractivity contribution in [1.82, 2.24) is 24.2 Å². The summed E-state index contributed by atoms with van der Waals surface area (Å²) in [6, 6.07) is 2.90. The minimum absolute atomic E-state index is 0.0258. The molecule has 0 spiro atoms. The number of hydrogen-bond acceptors (Lipinski definition) is 7. The molecule has 0 N–H and O–H groups in total. The third-order valence-corrected chi connectivity index (χ3v) is 7.38. The van der Waals surface area contributed by atoms with E-state index in [1.807, 2.05) is 0 Å². The molecule has 1 fully saturated rings. The van der Waals surface area contributed by atoms with Crippen LogP contribution in [0.5, 0.6) is 0 Å². The number of piperazine rings is 1. The van der Waals surface area contributed by atoms with Crippen molar-refractivity contribution in [3.63, 3.8) is 0 Å². The molecule has 0 radical (unpaired) electrons. The Bertz CT molecular complexity index is 1230. The average Bonchev–Trinajstić information content (AvgIpc) is 3.28. The predicted molar refractivity (Wildman–Crippen MR) is 104 cm³/mol. The molecule has 1 amide bonds. The van der Waals surface area contributed by atoms with E-state index in [1.54, 1.807) is 23.8 Å². The van der Waals surface area contributed by atoms with Gasteiger partial charge in [-0.3, -0.25) is 4.79 Å². The number of halogens is 3. The summed E-state index contributed by atoms with van der Waals surface area (Å²) in [4.78, 5) is 25.6. The topological polar surface area (TPSA) is 96.4 Å². The number of amides is 1. The van der Waals surface area contributed by atoms with Gasteiger partial charge in [0.1, 0.15) is 10.6 Å². The fourth-order valence-corrected chi connectivity index (χ4v) is 5.24. The average molecular weight is 469 g/mol. The molecule has 13 heteroatoms. The van der Waals surface area contributed by atoms with E-state index in [-0.39, 0.29) is 31.9 Å². The lowest BCUT2D eigenvalue weighted by atomic mass is 10.3. The van der Waals surface area contributed by atoms with Crippen LogP contribution < -0.4 is 0 Å². The van der Waals surface area contributed by atoms with Gasteiger partial charge in [-0.25, -0.2) is 36.5 Å². The molecule has 3 heterocycles. The lowest BCUT2D eigenvalue weighted by molar-refractivity contribution is 0.0692. The molecule has 4 rings (SSSR count). The Kier molecular flexibility index (Phi) is 5.73. The van der Waals surface area contributed by atoms with Gasteiger partial charge in [-0.15, -0.1) is 11.3 Å². The van der Waals surface area contributed by atoms with E-state index in [4.69, 9.17) is 0 Å². The van der Waals surface area contributed by atoms with Crippen LogP contribution in [0, 0.1) is 17.5 Å². The van der Waals surface area contributed by atoms with Crippen LogP contribution in [-0.2, 0) is 10.0 Å². The molecule has 3 aromatic rings. The monoisotopic (exact) mass is 469 g/mol. The molecule has 2 aromatic heterocycles. The number of thiazole rings is 1. The summed E-state index contributed by atoms with van der Waals surface area (Å²) in [5, 5.41) is 2.03. The SMILES string of the molecule is O=C(c1csc(-c2ncccn2)n1)N1CCN(S(=O)(=O)c2ccc(F)c(F)c2F)CC1. The maximum atomic E-state index is 14.0. The Morgan fingerprint density at radius 3 is 2.35 bits per heavy atom. The molecule has 1 aliphatic rings. The minimum Gasteiger partial charge on any atom is -0.335 e. The fourth-order valence-electron chi connectivity index (χ4n) is 3.02. The van der Waals surface area contributed by atoms with Gasteiger partial charge in [0.05, 0.1) is 0 Å². The summed E-state index contributed by atoms with van der Waals surface area (Å²) in [5.41, 5.74) is 0.176. The quantitative estimate of drug-likeness (QED) is 0.544. The van der Waals surface area contributed by atoms with E-state index in [2.05, 4.69) is 15.0 Å². The summed E-state index contributed by atoms with van der Waals surface area (Å²) in [5.74, 6) is -5.10. The van der Waals surface area contributed by atoms with Gasteiger partial charge in [0, 0.05) is 44.0 Å². The number of benzene rings is 1. The van der Waals surface area contributed by atoms with Crippen LogP contribution in [0.15, 0.2) is 40.9 Å². The first kappa shape index (κ1) is 21.3. The molecule has 0 saturated carbocycles. The van der Waals surface area contributed by atoms with Crippen molar-refractivity contribution >= 4 is 27.3 Å². The highest BCUT2D eigenvalue weighted by molar-refractivity contribution is 7.89. The number of hydrogen-bond donors (Lipinski definition) is 0. The summed E-state index contributed by atoms with van der Waals surface area (Å²) in [6.07, 6.45) is 3.11. The zero-order valence-electron chi connectivity index (χ0n) is 15.7. The number of nitrogens with zero attached hydrogens (tertiary/aromatic N) is 5. The number of rotatable bonds is 4. The maximum Gasteiger partial charge on any atom is 0.273 e. The van der Waals surface area contributed by atoms with Gasteiger partial charge in [-0.05, 0) is 18.2 Å². The lowest BCUT2D eigenvalue weighted by Gasteiger charge is -2.33. The summed E-state index contributed by atoms with van der Waals surface area (Å²) >= 11 is 1.20. The second-order valence-electron chi connectivity index (χ2n) is 6.48. The zero-order chi connectivity index (χ0) is 22.2. The Morgan fingerprint density at radius 2 is 1.68 bits per heavy atom. The normalized spacial score (nSPS) is 15.3. The molecule has 1 aliphatic heterocycles. The Morgan fingerprint density at radius 1 is 1.00 bits per heavy atom. The van der Waals surface area contributed by atoms with E-state index in [1.165, 1.54) is 16.2 Å². The molecule has 31 heavy (non-hydrogen) atoms. The number of carbonyl (C=O) groups is 1. The molecule has 8 nitrogen and oxygen atoms in total. The largest absolute Gasteiger partial charge is 0.335 e. The van der Waals surface area contributed by atoms with E-state index in [9.17, 15) is 26.4 Å². The van der Waals surface area contributed by atoms with E-state index in [0.717, 1.165) is 4.31 Å². The van der Waals surface area contributed by atoms with E-state index < -0.39 is 38.3 Å². The van der Waals surface area contributed by atoms with Crippen LogP contribution in [0.25, 0.3) is 10.8 Å². The molecule has 0 aliphatic carbocycles. The summed E-state index contributed by atoms with van der Waals surface area (Å²) < 4.78 is 66.8. The number of sulfonamides is 1.